The van der Waals surface area contributed by atoms with Gasteiger partial charge >= 0.3 is 5.91 Å². The van der Waals surface area contributed by atoms with Crippen LogP contribution in [0, 0.1) is 12.7 Å². The van der Waals surface area contributed by atoms with Crippen molar-refractivity contribution in [1.82, 2.24) is 10.3 Å². The van der Waals surface area contributed by atoms with Crippen molar-refractivity contribution in [2.45, 2.75) is 20.8 Å². The van der Waals surface area contributed by atoms with E-state index >= 15 is 0 Å². The molecular weight excluding hydrogens is 395 g/mol. The first-order valence-corrected chi connectivity index (χ1v) is 10.6. The standard InChI is InChI=1S/C24H27FN4O2/c1-4-28-11-13-29(14-12-28)21-10-9-18(15-20(21)25)17(3)26-27-24(30)23-16(2)19-7-5-6-8-22(19)31-23/h5-10,15H,4,11-14H2,1-3H3,(H,27,30)/b26-17-. The molecule has 0 saturated carbocycles. The van der Waals surface area contributed by atoms with Crippen molar-refractivity contribution < 1.29 is 13.6 Å². The molecule has 0 unspecified atom stereocenters. The van der Waals surface area contributed by atoms with Crippen LogP contribution < -0.4 is 10.3 Å². The number of fused-ring (bicyclic) bond motifs is 1. The molecule has 2 aromatic carbocycles. The molecule has 6 nitrogen and oxygen atoms in total. The SMILES string of the molecule is CCN1CCN(c2ccc(/C(C)=N\NC(=O)c3oc4ccccc4c3C)cc2F)CC1. The minimum Gasteiger partial charge on any atom is -0.451 e. The molecule has 0 atom stereocenters. The number of benzene rings is 2. The summed E-state index contributed by atoms with van der Waals surface area (Å²) in [6.45, 7) is 10.2. The minimum atomic E-state index is -0.432. The van der Waals surface area contributed by atoms with Crippen LogP contribution in [0.15, 0.2) is 52.0 Å². The number of furan rings is 1. The summed E-state index contributed by atoms with van der Waals surface area (Å²) >= 11 is 0. The van der Waals surface area contributed by atoms with Crippen LogP contribution in [0.25, 0.3) is 11.0 Å². The van der Waals surface area contributed by atoms with Crippen molar-refractivity contribution in [3.63, 3.8) is 0 Å². The molecule has 1 aromatic heterocycles. The number of halogens is 1. The Bertz CT molecular complexity index is 1130. The summed E-state index contributed by atoms with van der Waals surface area (Å²) in [6.07, 6.45) is 0. The molecule has 0 bridgehead atoms. The van der Waals surface area contributed by atoms with E-state index in [0.29, 0.717) is 22.5 Å². The third-order valence-electron chi connectivity index (χ3n) is 5.90. The van der Waals surface area contributed by atoms with Crippen molar-refractivity contribution in [1.29, 1.82) is 0 Å². The van der Waals surface area contributed by atoms with E-state index in [-0.39, 0.29) is 11.6 Å². The molecule has 31 heavy (non-hydrogen) atoms. The first-order valence-electron chi connectivity index (χ1n) is 10.6. The van der Waals surface area contributed by atoms with E-state index < -0.39 is 5.91 Å². The number of hydrazone groups is 1. The van der Waals surface area contributed by atoms with Gasteiger partial charge in [0.15, 0.2) is 5.76 Å². The maximum atomic E-state index is 14.8. The number of carbonyl (C=O) groups excluding carboxylic acids is 1. The molecule has 1 aliphatic heterocycles. The molecule has 3 aromatic rings. The Labute approximate surface area is 181 Å². The Balaban J connectivity index is 1.46. The van der Waals surface area contributed by atoms with E-state index in [4.69, 9.17) is 4.42 Å². The van der Waals surface area contributed by atoms with Crippen LogP contribution in [0.5, 0.6) is 0 Å². The Morgan fingerprint density at radius 1 is 1.16 bits per heavy atom. The van der Waals surface area contributed by atoms with Crippen LogP contribution in [0.2, 0.25) is 0 Å². The summed E-state index contributed by atoms with van der Waals surface area (Å²) < 4.78 is 20.5. The highest BCUT2D eigenvalue weighted by atomic mass is 19.1. The lowest BCUT2D eigenvalue weighted by Crippen LogP contribution is -2.46. The number of para-hydroxylation sites is 1. The van der Waals surface area contributed by atoms with Gasteiger partial charge in [-0.1, -0.05) is 31.2 Å². The first kappa shape index (κ1) is 21.1. The van der Waals surface area contributed by atoms with E-state index in [1.54, 1.807) is 13.0 Å². The predicted molar refractivity (Wildman–Crippen MR) is 121 cm³/mol. The Hall–Kier alpha value is -3.19. The van der Waals surface area contributed by atoms with Gasteiger partial charge in [0.2, 0.25) is 0 Å². The van der Waals surface area contributed by atoms with Crippen molar-refractivity contribution in [2.75, 3.05) is 37.6 Å². The normalized spacial score (nSPS) is 15.5. The first-order chi connectivity index (χ1) is 15.0. The second-order valence-electron chi connectivity index (χ2n) is 7.78. The lowest BCUT2D eigenvalue weighted by atomic mass is 10.1. The van der Waals surface area contributed by atoms with Crippen LogP contribution in [0.1, 0.15) is 35.5 Å². The maximum absolute atomic E-state index is 14.8. The fraction of sp³-hybridized carbons (Fsp3) is 0.333. The summed E-state index contributed by atoms with van der Waals surface area (Å²) in [5, 5.41) is 5.05. The molecule has 0 radical (unpaired) electrons. The summed E-state index contributed by atoms with van der Waals surface area (Å²) in [5.41, 5.74) is 5.69. The lowest BCUT2D eigenvalue weighted by molar-refractivity contribution is 0.0928. The average Bonchev–Trinajstić information content (AvgIpc) is 3.14. The van der Waals surface area contributed by atoms with Crippen LogP contribution in [-0.2, 0) is 0 Å². The fourth-order valence-corrected chi connectivity index (χ4v) is 3.93. The van der Waals surface area contributed by atoms with Gasteiger partial charge in [0.25, 0.3) is 0 Å². The number of amides is 1. The quantitative estimate of drug-likeness (QED) is 0.495. The van der Waals surface area contributed by atoms with Gasteiger partial charge in [-0.2, -0.15) is 5.10 Å². The largest absolute Gasteiger partial charge is 0.451 e. The summed E-state index contributed by atoms with van der Waals surface area (Å²) in [7, 11) is 0. The van der Waals surface area contributed by atoms with Gasteiger partial charge in [-0.25, -0.2) is 9.82 Å². The van der Waals surface area contributed by atoms with Gasteiger partial charge in [-0.3, -0.25) is 4.79 Å². The number of hydrogen-bond acceptors (Lipinski definition) is 5. The number of carbonyl (C=O) groups is 1. The monoisotopic (exact) mass is 422 g/mol. The number of anilines is 1. The van der Waals surface area contributed by atoms with Crippen LogP contribution in [0.3, 0.4) is 0 Å². The highest BCUT2D eigenvalue weighted by Crippen LogP contribution is 2.25. The topological polar surface area (TPSA) is 61.1 Å². The second-order valence-corrected chi connectivity index (χ2v) is 7.78. The molecule has 1 aliphatic rings. The number of nitrogens with zero attached hydrogens (tertiary/aromatic N) is 3. The third-order valence-corrected chi connectivity index (χ3v) is 5.90. The summed E-state index contributed by atoms with van der Waals surface area (Å²) in [4.78, 5) is 17.0. The predicted octanol–water partition coefficient (Wildman–Crippen LogP) is 4.18. The average molecular weight is 423 g/mol. The van der Waals surface area contributed by atoms with Crippen molar-refractivity contribution in [3.8, 4) is 0 Å². The number of likely N-dealkylation sites (N-methyl/N-ethyl adjacent to an activating group) is 1. The van der Waals surface area contributed by atoms with E-state index in [0.717, 1.165) is 43.7 Å². The number of nitrogens with one attached hydrogen (secondary N) is 1. The lowest BCUT2D eigenvalue weighted by Gasteiger charge is -2.35. The van der Waals surface area contributed by atoms with E-state index in [1.165, 1.54) is 6.07 Å². The van der Waals surface area contributed by atoms with Crippen molar-refractivity contribution in [3.05, 3.63) is 65.2 Å². The minimum absolute atomic E-state index is 0.227. The third kappa shape index (κ3) is 4.32. The zero-order chi connectivity index (χ0) is 22.0. The van der Waals surface area contributed by atoms with Crippen LogP contribution in [0.4, 0.5) is 10.1 Å². The molecule has 2 heterocycles. The highest BCUT2D eigenvalue weighted by Gasteiger charge is 2.20. The number of rotatable bonds is 5. The number of aryl methyl sites for hydroxylation is 1. The zero-order valence-electron chi connectivity index (χ0n) is 18.1. The summed E-state index contributed by atoms with van der Waals surface area (Å²) in [5.74, 6) is -0.485. The zero-order valence-corrected chi connectivity index (χ0v) is 18.1. The smallest absolute Gasteiger partial charge is 0.307 e. The molecular formula is C24H27FN4O2. The molecule has 1 fully saturated rings. The van der Waals surface area contributed by atoms with Crippen LogP contribution in [-0.4, -0.2) is 49.2 Å². The Morgan fingerprint density at radius 2 is 1.90 bits per heavy atom. The van der Waals surface area contributed by atoms with Gasteiger partial charge < -0.3 is 14.2 Å². The van der Waals surface area contributed by atoms with Crippen LogP contribution >= 0.6 is 0 Å². The number of hydrogen-bond donors (Lipinski definition) is 1. The molecule has 162 valence electrons. The van der Waals surface area contributed by atoms with Crippen molar-refractivity contribution >= 4 is 28.3 Å². The Kier molecular flexibility index (Phi) is 6.04. The highest BCUT2D eigenvalue weighted by molar-refractivity contribution is 6.02. The van der Waals surface area contributed by atoms with Crippen molar-refractivity contribution in [2.24, 2.45) is 5.10 Å². The molecule has 0 spiro atoms. The molecule has 0 aliphatic carbocycles. The molecule has 4 rings (SSSR count). The van der Waals surface area contributed by atoms with Gasteiger partial charge in [-0.15, -0.1) is 0 Å². The number of piperazine rings is 1. The van der Waals surface area contributed by atoms with E-state index in [1.807, 2.05) is 37.3 Å². The maximum Gasteiger partial charge on any atom is 0.307 e. The van der Waals surface area contributed by atoms with Gasteiger partial charge in [0, 0.05) is 42.7 Å². The van der Waals surface area contributed by atoms with E-state index in [9.17, 15) is 9.18 Å². The second kappa shape index (κ2) is 8.89. The molecule has 1 N–H and O–H groups in total. The van der Waals surface area contributed by atoms with E-state index in [2.05, 4.69) is 27.3 Å². The summed E-state index contributed by atoms with van der Waals surface area (Å²) in [6, 6.07) is 12.6. The van der Waals surface area contributed by atoms with Gasteiger partial charge in [-0.05, 0) is 38.6 Å². The van der Waals surface area contributed by atoms with Gasteiger partial charge in [0.05, 0.1) is 11.4 Å². The Morgan fingerprint density at radius 3 is 2.58 bits per heavy atom. The fourth-order valence-electron chi connectivity index (χ4n) is 3.93. The molecule has 1 saturated heterocycles. The molecule has 7 heteroatoms. The molecule has 1 amide bonds. The van der Waals surface area contributed by atoms with Gasteiger partial charge in [0.1, 0.15) is 11.4 Å².